The fourth-order valence-corrected chi connectivity index (χ4v) is 2.40. The molecule has 0 aliphatic rings. The molecule has 0 saturated carbocycles. The van der Waals surface area contributed by atoms with Gasteiger partial charge in [-0.15, -0.1) is 0 Å². The van der Waals surface area contributed by atoms with E-state index in [1.165, 1.54) is 19.4 Å². The maximum Gasteiger partial charge on any atom is 0.303 e. The van der Waals surface area contributed by atoms with Crippen molar-refractivity contribution in [1.82, 2.24) is 5.43 Å². The Hall–Kier alpha value is -2.09. The number of amides is 1. The van der Waals surface area contributed by atoms with Gasteiger partial charge in [-0.2, -0.15) is 5.10 Å². The highest BCUT2D eigenvalue weighted by atomic mass is 79.9. The summed E-state index contributed by atoms with van der Waals surface area (Å²) in [6.45, 7) is 0. The van der Waals surface area contributed by atoms with Crippen molar-refractivity contribution >= 4 is 34.0 Å². The van der Waals surface area contributed by atoms with Crippen LogP contribution < -0.4 is 10.2 Å². The van der Waals surface area contributed by atoms with Crippen LogP contribution in [-0.2, 0) is 9.59 Å². The number of halogens is 1. The highest BCUT2D eigenvalue weighted by molar-refractivity contribution is 9.10. The van der Waals surface area contributed by atoms with Crippen molar-refractivity contribution in [3.8, 4) is 11.5 Å². The first kappa shape index (κ1) is 20.0. The number of nitrogens with one attached hydrogen (secondary N) is 1. The predicted octanol–water partition coefficient (Wildman–Crippen LogP) is 3.04. The molecular formula is C16H21BrN2O5. The van der Waals surface area contributed by atoms with E-state index in [4.69, 9.17) is 9.84 Å². The molecule has 3 N–H and O–H groups in total. The van der Waals surface area contributed by atoms with Crippen LogP contribution in [0.4, 0.5) is 0 Å². The lowest BCUT2D eigenvalue weighted by Gasteiger charge is -2.06. The molecular weight excluding hydrogens is 380 g/mol. The minimum atomic E-state index is -0.792. The number of aromatic hydroxyl groups is 1. The number of hydrogen-bond donors (Lipinski definition) is 3. The van der Waals surface area contributed by atoms with E-state index in [-0.39, 0.29) is 18.1 Å². The molecule has 1 aromatic rings. The van der Waals surface area contributed by atoms with Gasteiger partial charge in [-0.05, 0) is 40.9 Å². The summed E-state index contributed by atoms with van der Waals surface area (Å²) in [5.74, 6) is -0.675. The SMILES string of the molecule is COc1cc(/C=N/NC(=O)CCCCCCC(=O)O)c(Br)cc1O. The lowest BCUT2D eigenvalue weighted by Crippen LogP contribution is -2.16. The molecule has 1 aromatic carbocycles. The van der Waals surface area contributed by atoms with Crippen molar-refractivity contribution < 1.29 is 24.5 Å². The molecule has 132 valence electrons. The first-order chi connectivity index (χ1) is 11.4. The second-order valence-electron chi connectivity index (χ2n) is 5.15. The van der Waals surface area contributed by atoms with Crippen molar-refractivity contribution in [3.63, 3.8) is 0 Å². The topological polar surface area (TPSA) is 108 Å². The van der Waals surface area contributed by atoms with Gasteiger partial charge in [0, 0.05) is 22.9 Å². The van der Waals surface area contributed by atoms with Gasteiger partial charge in [-0.25, -0.2) is 5.43 Å². The molecule has 0 aliphatic carbocycles. The Labute approximate surface area is 148 Å². The molecule has 0 radical (unpaired) electrons. The molecule has 8 heteroatoms. The van der Waals surface area contributed by atoms with E-state index in [0.29, 0.717) is 35.0 Å². The van der Waals surface area contributed by atoms with Gasteiger partial charge in [0.25, 0.3) is 0 Å². The monoisotopic (exact) mass is 400 g/mol. The van der Waals surface area contributed by atoms with E-state index < -0.39 is 5.97 Å². The van der Waals surface area contributed by atoms with Crippen LogP contribution >= 0.6 is 15.9 Å². The van der Waals surface area contributed by atoms with Crippen LogP contribution in [0.1, 0.15) is 44.1 Å². The van der Waals surface area contributed by atoms with E-state index >= 15 is 0 Å². The number of carboxylic acids is 1. The summed E-state index contributed by atoms with van der Waals surface area (Å²) in [6, 6.07) is 3.08. The zero-order valence-electron chi connectivity index (χ0n) is 13.4. The molecule has 1 amide bonds. The van der Waals surface area contributed by atoms with E-state index in [9.17, 15) is 14.7 Å². The molecule has 1 rings (SSSR count). The number of benzene rings is 1. The van der Waals surface area contributed by atoms with Gasteiger partial charge < -0.3 is 14.9 Å². The first-order valence-electron chi connectivity index (χ1n) is 7.54. The Balaban J connectivity index is 2.34. The highest BCUT2D eigenvalue weighted by Gasteiger charge is 2.07. The van der Waals surface area contributed by atoms with Crippen LogP contribution in [0, 0.1) is 0 Å². The van der Waals surface area contributed by atoms with Crippen molar-refractivity contribution in [2.24, 2.45) is 5.10 Å². The van der Waals surface area contributed by atoms with Crippen molar-refractivity contribution in [3.05, 3.63) is 22.2 Å². The highest BCUT2D eigenvalue weighted by Crippen LogP contribution is 2.31. The van der Waals surface area contributed by atoms with Gasteiger partial charge in [-0.3, -0.25) is 9.59 Å². The summed E-state index contributed by atoms with van der Waals surface area (Å²) >= 11 is 3.29. The van der Waals surface area contributed by atoms with Gasteiger partial charge in [0.05, 0.1) is 13.3 Å². The standard InChI is InChI=1S/C16H21BrN2O5/c1-24-14-8-11(12(17)9-13(14)20)10-18-19-15(21)6-4-2-3-5-7-16(22)23/h8-10,20H,2-7H2,1H3,(H,19,21)(H,22,23)/b18-10+. The Morgan fingerprint density at radius 1 is 1.25 bits per heavy atom. The number of hydrogen-bond acceptors (Lipinski definition) is 5. The summed E-state index contributed by atoms with van der Waals surface area (Å²) in [4.78, 5) is 22.0. The second kappa shape index (κ2) is 10.6. The second-order valence-corrected chi connectivity index (χ2v) is 6.00. The molecule has 0 aromatic heterocycles. The Bertz CT molecular complexity index is 604. The third-order valence-electron chi connectivity index (χ3n) is 3.24. The zero-order valence-corrected chi connectivity index (χ0v) is 15.0. The van der Waals surface area contributed by atoms with Crippen LogP contribution in [-0.4, -0.2) is 35.4 Å². The van der Waals surface area contributed by atoms with Crippen LogP contribution in [0.2, 0.25) is 0 Å². The van der Waals surface area contributed by atoms with Crippen LogP contribution in [0.25, 0.3) is 0 Å². The van der Waals surface area contributed by atoms with Gasteiger partial charge in [0.15, 0.2) is 11.5 Å². The summed E-state index contributed by atoms with van der Waals surface area (Å²) < 4.78 is 5.63. The van der Waals surface area contributed by atoms with Crippen molar-refractivity contribution in [2.75, 3.05) is 7.11 Å². The molecule has 0 spiro atoms. The van der Waals surface area contributed by atoms with E-state index in [0.717, 1.165) is 12.8 Å². The number of carbonyl (C=O) groups is 2. The van der Waals surface area contributed by atoms with Crippen molar-refractivity contribution in [2.45, 2.75) is 38.5 Å². The first-order valence-corrected chi connectivity index (χ1v) is 8.33. The maximum atomic E-state index is 11.6. The number of ether oxygens (including phenoxy) is 1. The molecule has 0 unspecified atom stereocenters. The third-order valence-corrected chi connectivity index (χ3v) is 3.92. The smallest absolute Gasteiger partial charge is 0.303 e. The number of unbranched alkanes of at least 4 members (excludes halogenated alkanes) is 3. The molecule has 0 heterocycles. The summed E-state index contributed by atoms with van der Waals surface area (Å²) in [5, 5.41) is 22.0. The van der Waals surface area contributed by atoms with E-state index in [1.807, 2.05) is 0 Å². The summed E-state index contributed by atoms with van der Waals surface area (Å²) in [6.07, 6.45) is 4.89. The fourth-order valence-electron chi connectivity index (χ4n) is 1.97. The summed E-state index contributed by atoms with van der Waals surface area (Å²) in [7, 11) is 1.45. The number of hydrazone groups is 1. The molecule has 0 bridgehead atoms. The average Bonchev–Trinajstić information content (AvgIpc) is 2.52. The molecule has 0 fully saturated rings. The molecule has 7 nitrogen and oxygen atoms in total. The maximum absolute atomic E-state index is 11.6. The lowest BCUT2D eigenvalue weighted by atomic mass is 10.1. The number of carbonyl (C=O) groups excluding carboxylic acids is 1. The number of rotatable bonds is 10. The van der Waals surface area contributed by atoms with Crippen LogP contribution in [0.5, 0.6) is 11.5 Å². The van der Waals surface area contributed by atoms with E-state index in [2.05, 4.69) is 26.5 Å². The van der Waals surface area contributed by atoms with Gasteiger partial charge in [-0.1, -0.05) is 12.8 Å². The minimum absolute atomic E-state index is 0.00783. The fraction of sp³-hybridized carbons (Fsp3) is 0.438. The van der Waals surface area contributed by atoms with Gasteiger partial charge in [0.1, 0.15) is 0 Å². The summed E-state index contributed by atoms with van der Waals surface area (Å²) in [5.41, 5.74) is 3.08. The minimum Gasteiger partial charge on any atom is -0.504 e. The normalized spacial score (nSPS) is 10.8. The number of carboxylic acid groups (broad SMARTS) is 1. The molecule has 0 aliphatic heterocycles. The number of phenolic OH excluding ortho intramolecular Hbond substituents is 1. The number of phenols is 1. The quantitative estimate of drug-likeness (QED) is 0.317. The van der Waals surface area contributed by atoms with Gasteiger partial charge >= 0.3 is 5.97 Å². The van der Waals surface area contributed by atoms with Crippen molar-refractivity contribution in [1.29, 1.82) is 0 Å². The number of aliphatic carboxylic acids is 1. The lowest BCUT2D eigenvalue weighted by molar-refractivity contribution is -0.137. The average molecular weight is 401 g/mol. The Morgan fingerprint density at radius 2 is 1.92 bits per heavy atom. The van der Waals surface area contributed by atoms with Crippen LogP contribution in [0.15, 0.2) is 21.7 Å². The molecule has 0 saturated heterocycles. The molecule has 24 heavy (non-hydrogen) atoms. The Kier molecular flexibility index (Phi) is 8.85. The number of nitrogens with zero attached hydrogens (tertiary/aromatic N) is 1. The zero-order chi connectivity index (χ0) is 17.9. The third kappa shape index (κ3) is 7.45. The van der Waals surface area contributed by atoms with Crippen LogP contribution in [0.3, 0.4) is 0 Å². The molecule has 0 atom stereocenters. The largest absolute Gasteiger partial charge is 0.504 e. The number of methoxy groups -OCH3 is 1. The Morgan fingerprint density at radius 3 is 2.54 bits per heavy atom. The van der Waals surface area contributed by atoms with E-state index in [1.54, 1.807) is 6.07 Å². The predicted molar refractivity (Wildman–Crippen MR) is 93.4 cm³/mol. The van der Waals surface area contributed by atoms with Gasteiger partial charge in [0.2, 0.25) is 5.91 Å².